The van der Waals surface area contributed by atoms with Crippen LogP contribution in [0, 0.1) is 11.8 Å². The number of likely N-dealkylation sites (N-methyl/N-ethyl adjacent to an activating group) is 1. The van der Waals surface area contributed by atoms with Gasteiger partial charge in [-0.2, -0.15) is 0 Å². The maximum absolute atomic E-state index is 12.7. The van der Waals surface area contributed by atoms with E-state index >= 15 is 0 Å². The molecule has 0 aliphatic heterocycles. The fourth-order valence-electron chi connectivity index (χ4n) is 8.06. The number of rotatable bonds is 44. The van der Waals surface area contributed by atoms with Crippen molar-refractivity contribution in [3.05, 3.63) is 0 Å². The summed E-state index contributed by atoms with van der Waals surface area (Å²) in [4.78, 5) is 39.8. The summed E-state index contributed by atoms with van der Waals surface area (Å²) in [7, 11) is 2.00. The summed E-state index contributed by atoms with van der Waals surface area (Å²) in [5, 5.41) is 3.36. The van der Waals surface area contributed by atoms with Gasteiger partial charge in [0.05, 0.1) is 19.8 Å². The Kier molecular flexibility index (Phi) is 41.3. The van der Waals surface area contributed by atoms with Crippen molar-refractivity contribution in [2.75, 3.05) is 33.4 Å². The van der Waals surface area contributed by atoms with Gasteiger partial charge in [0.2, 0.25) is 5.91 Å². The highest BCUT2D eigenvalue weighted by molar-refractivity contribution is 5.78. The molecule has 7 heteroatoms. The molecule has 0 aliphatic rings. The molecule has 0 saturated carbocycles. The molecule has 7 nitrogen and oxygen atoms in total. The van der Waals surface area contributed by atoms with Crippen LogP contribution in [0.3, 0.4) is 0 Å². The largest absolute Gasteiger partial charge is 0.466 e. The van der Waals surface area contributed by atoms with E-state index in [0.717, 1.165) is 83.6 Å². The van der Waals surface area contributed by atoms with Crippen LogP contribution in [0.4, 0.5) is 0 Å². The van der Waals surface area contributed by atoms with Gasteiger partial charge in [0.1, 0.15) is 0 Å². The predicted molar refractivity (Wildman–Crippen MR) is 244 cm³/mol. The molecule has 0 spiro atoms. The minimum atomic E-state index is 0.0108. The van der Waals surface area contributed by atoms with Gasteiger partial charge < -0.3 is 14.8 Å². The molecule has 0 heterocycles. The maximum Gasteiger partial charge on any atom is 0.306 e. The van der Waals surface area contributed by atoms with Gasteiger partial charge in [0.15, 0.2) is 0 Å². The van der Waals surface area contributed by atoms with Crippen LogP contribution in [0.25, 0.3) is 0 Å². The van der Waals surface area contributed by atoms with E-state index in [0.29, 0.717) is 44.4 Å². The molecular formula is C50H98N2O5. The van der Waals surface area contributed by atoms with Gasteiger partial charge >= 0.3 is 11.9 Å². The summed E-state index contributed by atoms with van der Waals surface area (Å²) in [6.07, 6.45) is 39.1. The van der Waals surface area contributed by atoms with Gasteiger partial charge in [-0.25, -0.2) is 0 Å². The fourth-order valence-corrected chi connectivity index (χ4v) is 8.06. The van der Waals surface area contributed by atoms with Crippen molar-refractivity contribution in [1.29, 1.82) is 0 Å². The lowest BCUT2D eigenvalue weighted by Gasteiger charge is -2.21. The van der Waals surface area contributed by atoms with Crippen LogP contribution in [-0.4, -0.2) is 62.1 Å². The molecule has 0 rings (SSSR count). The predicted octanol–water partition coefficient (Wildman–Crippen LogP) is 14.1. The summed E-state index contributed by atoms with van der Waals surface area (Å²) < 4.78 is 11.3. The first-order chi connectivity index (χ1) is 27.8. The van der Waals surface area contributed by atoms with E-state index in [2.05, 4.69) is 44.8 Å². The van der Waals surface area contributed by atoms with Crippen LogP contribution in [0.1, 0.15) is 253 Å². The molecule has 0 aromatic carbocycles. The van der Waals surface area contributed by atoms with Crippen LogP contribution < -0.4 is 5.32 Å². The van der Waals surface area contributed by atoms with Crippen molar-refractivity contribution < 1.29 is 23.9 Å². The third kappa shape index (κ3) is 38.3. The molecule has 0 unspecified atom stereocenters. The second-order valence-corrected chi connectivity index (χ2v) is 17.7. The van der Waals surface area contributed by atoms with Gasteiger partial charge in [0, 0.05) is 18.9 Å². The molecule has 0 radical (unpaired) electrons. The number of carbonyl (C=O) groups excluding carboxylic acids is 3. The summed E-state index contributed by atoms with van der Waals surface area (Å²) in [5.41, 5.74) is 0. The number of hydrogen-bond donors (Lipinski definition) is 1. The summed E-state index contributed by atoms with van der Waals surface area (Å²) in [6, 6.07) is 0.267. The number of amides is 1. The molecule has 338 valence electrons. The number of carbonyl (C=O) groups is 3. The quantitative estimate of drug-likeness (QED) is 0.0487. The number of hydrogen-bond acceptors (Lipinski definition) is 6. The van der Waals surface area contributed by atoms with Crippen molar-refractivity contribution in [2.24, 2.45) is 11.8 Å². The molecule has 0 aliphatic carbocycles. The maximum atomic E-state index is 12.7. The number of esters is 2. The van der Waals surface area contributed by atoms with Gasteiger partial charge in [-0.15, -0.1) is 0 Å². The van der Waals surface area contributed by atoms with E-state index in [9.17, 15) is 14.4 Å². The second kappa shape index (κ2) is 42.5. The Balaban J connectivity index is 4.21. The molecule has 57 heavy (non-hydrogen) atoms. The summed E-state index contributed by atoms with van der Waals surface area (Å²) in [6.45, 7) is 13.5. The van der Waals surface area contributed by atoms with Gasteiger partial charge in [0.25, 0.3) is 0 Å². The molecule has 1 amide bonds. The molecule has 0 bridgehead atoms. The second-order valence-electron chi connectivity index (χ2n) is 17.7. The van der Waals surface area contributed by atoms with E-state index in [4.69, 9.17) is 9.47 Å². The third-order valence-corrected chi connectivity index (χ3v) is 12.0. The Labute approximate surface area is 355 Å². The minimum absolute atomic E-state index is 0.0108. The SMILES string of the molecule is CCCCCC(CCCCC)CC(=O)OCCCCCCCCCC(CCCCCCCCCOC(=O)CC(CCCCC)CCCCC)NC(=O)CN(C)CC. The smallest absolute Gasteiger partial charge is 0.306 e. The summed E-state index contributed by atoms with van der Waals surface area (Å²) >= 11 is 0. The van der Waals surface area contributed by atoms with Crippen molar-refractivity contribution >= 4 is 17.8 Å². The lowest BCUT2D eigenvalue weighted by molar-refractivity contribution is -0.146. The highest BCUT2D eigenvalue weighted by Crippen LogP contribution is 2.23. The van der Waals surface area contributed by atoms with Crippen molar-refractivity contribution in [3.8, 4) is 0 Å². The number of nitrogens with one attached hydrogen (secondary N) is 1. The first-order valence-electron chi connectivity index (χ1n) is 25.1. The first-order valence-corrected chi connectivity index (χ1v) is 25.1. The topological polar surface area (TPSA) is 84.9 Å². The van der Waals surface area contributed by atoms with Crippen molar-refractivity contribution in [1.82, 2.24) is 10.2 Å². The average Bonchev–Trinajstić information content (AvgIpc) is 3.19. The van der Waals surface area contributed by atoms with Crippen LogP contribution in [0.5, 0.6) is 0 Å². The molecule has 1 N–H and O–H groups in total. The Bertz CT molecular complexity index is 820. The van der Waals surface area contributed by atoms with Crippen LogP contribution in [0.2, 0.25) is 0 Å². The van der Waals surface area contributed by atoms with Gasteiger partial charge in [-0.05, 0) is 76.8 Å². The Morgan fingerprint density at radius 2 is 0.754 bits per heavy atom. The van der Waals surface area contributed by atoms with Gasteiger partial charge in [-0.3, -0.25) is 19.3 Å². The summed E-state index contributed by atoms with van der Waals surface area (Å²) in [5.74, 6) is 1.16. The van der Waals surface area contributed by atoms with E-state index in [1.165, 1.54) is 128 Å². The van der Waals surface area contributed by atoms with E-state index in [-0.39, 0.29) is 23.9 Å². The molecule has 0 aromatic heterocycles. The standard InChI is InChI=1S/C50H98N2O5/c1-7-12-26-34-45(35-27-13-8-2)42-49(54)56-40-32-24-20-16-18-22-30-38-47(51-48(53)44-52(6)11-5)39-31-23-19-17-21-25-33-41-57-50(55)43-46(36-28-14-9-3)37-29-15-10-4/h45-47H,7-44H2,1-6H3,(H,51,53). The Morgan fingerprint density at radius 3 is 1.09 bits per heavy atom. The lowest BCUT2D eigenvalue weighted by Crippen LogP contribution is -2.41. The van der Waals surface area contributed by atoms with Crippen LogP contribution in [0.15, 0.2) is 0 Å². The van der Waals surface area contributed by atoms with E-state index < -0.39 is 0 Å². The average molecular weight is 807 g/mol. The molecular weight excluding hydrogens is 709 g/mol. The van der Waals surface area contributed by atoms with Crippen LogP contribution in [-0.2, 0) is 23.9 Å². The number of ether oxygens (including phenoxy) is 2. The van der Waals surface area contributed by atoms with Crippen molar-refractivity contribution in [2.45, 2.75) is 259 Å². The van der Waals surface area contributed by atoms with E-state index in [1.54, 1.807) is 0 Å². The normalized spacial score (nSPS) is 11.7. The highest BCUT2D eigenvalue weighted by atomic mass is 16.5. The Hall–Kier alpha value is -1.63. The molecule has 0 atom stereocenters. The van der Waals surface area contributed by atoms with Crippen LogP contribution >= 0.6 is 0 Å². The van der Waals surface area contributed by atoms with E-state index in [1.807, 2.05) is 7.05 Å². The van der Waals surface area contributed by atoms with Gasteiger partial charge in [-0.1, -0.05) is 189 Å². The number of nitrogens with zero attached hydrogens (tertiary/aromatic N) is 1. The third-order valence-electron chi connectivity index (χ3n) is 12.0. The molecule has 0 aromatic rings. The molecule has 0 saturated heterocycles. The lowest BCUT2D eigenvalue weighted by atomic mass is 9.92. The zero-order chi connectivity index (χ0) is 42.0. The van der Waals surface area contributed by atoms with Crippen molar-refractivity contribution in [3.63, 3.8) is 0 Å². The zero-order valence-electron chi connectivity index (χ0n) is 39.1. The zero-order valence-corrected chi connectivity index (χ0v) is 39.1. The highest BCUT2D eigenvalue weighted by Gasteiger charge is 2.17. The Morgan fingerprint density at radius 1 is 0.439 bits per heavy atom. The molecule has 0 fully saturated rings. The fraction of sp³-hybridized carbons (Fsp3) is 0.940. The monoisotopic (exact) mass is 807 g/mol. The minimum Gasteiger partial charge on any atom is -0.466 e. The first kappa shape index (κ1) is 55.4. The number of unbranched alkanes of at least 4 members (excludes halogenated alkanes) is 20.